The van der Waals surface area contributed by atoms with Crippen LogP contribution in [0.4, 0.5) is 61.8 Å². The lowest BCUT2D eigenvalue weighted by Gasteiger charge is -2.34. The summed E-state index contributed by atoms with van der Waals surface area (Å²) in [6, 6.07) is 5.70. The zero-order valence-corrected chi connectivity index (χ0v) is 46.6. The summed E-state index contributed by atoms with van der Waals surface area (Å²) in [5.74, 6) is -0.721. The van der Waals surface area contributed by atoms with Crippen LogP contribution < -0.4 is 21.3 Å². The molecule has 3 aromatic rings. The molecule has 0 aromatic carbocycles. The predicted molar refractivity (Wildman–Crippen MR) is 276 cm³/mol. The highest BCUT2D eigenvalue weighted by atomic mass is 32.2. The van der Waals surface area contributed by atoms with Gasteiger partial charge in [0.15, 0.2) is 15.0 Å². The number of hydrogen-bond donors (Lipinski definition) is 4. The van der Waals surface area contributed by atoms with Gasteiger partial charge in [0, 0.05) is 38.6 Å². The maximum absolute atomic E-state index is 12.7. The van der Waals surface area contributed by atoms with Gasteiger partial charge in [-0.25, -0.2) is 28.2 Å². The Morgan fingerprint density at radius 1 is 0.610 bits per heavy atom. The van der Waals surface area contributed by atoms with Crippen LogP contribution in [-0.2, 0) is 52.3 Å². The summed E-state index contributed by atoms with van der Waals surface area (Å²) in [6.07, 6.45) is -8.76. The van der Waals surface area contributed by atoms with Crippen LogP contribution in [0, 0.1) is 11.8 Å². The van der Waals surface area contributed by atoms with Crippen LogP contribution in [-0.4, -0.2) is 115 Å². The average Bonchev–Trinajstić information content (AvgIpc) is 3.30. The number of alkyl halides is 9. The van der Waals surface area contributed by atoms with E-state index in [0.29, 0.717) is 37.6 Å². The molecule has 77 heavy (non-hydrogen) atoms. The summed E-state index contributed by atoms with van der Waals surface area (Å²) in [5, 5.41) is 10.2. The fourth-order valence-electron chi connectivity index (χ4n) is 6.82. The Labute approximate surface area is 450 Å². The number of aromatic nitrogens is 3. The van der Waals surface area contributed by atoms with Crippen molar-refractivity contribution in [2.75, 3.05) is 53.6 Å². The van der Waals surface area contributed by atoms with Gasteiger partial charge in [-0.1, -0.05) is 11.8 Å². The number of piperidine rings is 2. The number of rotatable bonds is 13. The third kappa shape index (κ3) is 21.5. The predicted octanol–water partition coefficient (Wildman–Crippen LogP) is 10.5. The number of pyridine rings is 3. The number of thioether (sulfide) groups is 2. The molecule has 4 amide bonds. The van der Waals surface area contributed by atoms with Crippen molar-refractivity contribution in [3.8, 4) is 0 Å². The minimum atomic E-state index is -4.53. The molecule has 5 rings (SSSR count). The van der Waals surface area contributed by atoms with Crippen molar-refractivity contribution >= 4 is 79.7 Å². The maximum Gasteiger partial charge on any atom is 0.417 e. The van der Waals surface area contributed by atoms with E-state index in [1.54, 1.807) is 32.6 Å². The number of anilines is 3. The number of ether oxygens (including phenoxy) is 1. The van der Waals surface area contributed by atoms with Crippen molar-refractivity contribution in [1.82, 2.24) is 25.2 Å². The lowest BCUT2D eigenvalue weighted by molar-refractivity contribution is -0.138. The lowest BCUT2D eigenvalue weighted by atomic mass is 9.99. The van der Waals surface area contributed by atoms with Gasteiger partial charge < -0.3 is 30.9 Å². The summed E-state index contributed by atoms with van der Waals surface area (Å²) >= 11 is 2.32. The van der Waals surface area contributed by atoms with Gasteiger partial charge in [0.05, 0.1) is 31.9 Å². The van der Waals surface area contributed by atoms with Crippen LogP contribution in [0.2, 0.25) is 0 Å². The van der Waals surface area contributed by atoms with Crippen LogP contribution in [0.1, 0.15) is 112 Å². The maximum atomic E-state index is 12.7. The van der Waals surface area contributed by atoms with Gasteiger partial charge in [0.25, 0.3) is 0 Å². The number of halogens is 9. The smallest absolute Gasteiger partial charge is 0.417 e. The topological polar surface area (TPSA) is 219 Å². The fourth-order valence-corrected chi connectivity index (χ4v) is 10.6. The van der Waals surface area contributed by atoms with E-state index >= 15 is 0 Å². The van der Waals surface area contributed by atoms with Gasteiger partial charge >= 0.3 is 24.6 Å². The molecule has 28 heteroatoms. The average molecular weight is 1160 g/mol. The number of nitrogens with one attached hydrogen (secondary N) is 4. The van der Waals surface area contributed by atoms with Crippen LogP contribution >= 0.6 is 23.5 Å². The summed E-state index contributed by atoms with van der Waals surface area (Å²) in [7, 11) is -3.76. The Morgan fingerprint density at radius 2 is 1.00 bits per heavy atom. The first-order valence-electron chi connectivity index (χ1n) is 23.9. The highest BCUT2D eigenvalue weighted by Crippen LogP contribution is 2.35. The van der Waals surface area contributed by atoms with Crippen molar-refractivity contribution in [1.29, 1.82) is 0 Å². The van der Waals surface area contributed by atoms with E-state index in [-0.39, 0.29) is 46.2 Å². The second kappa shape index (κ2) is 26.6. The molecule has 0 atom stereocenters. The largest absolute Gasteiger partial charge is 0.444 e. The zero-order valence-electron chi connectivity index (χ0n) is 44.1. The lowest BCUT2D eigenvalue weighted by Crippen LogP contribution is -2.47. The Hall–Kier alpha value is -5.22. The molecular weight excluding hydrogens is 1100 g/mol. The molecule has 0 bridgehead atoms. The van der Waals surface area contributed by atoms with Gasteiger partial charge in [0.2, 0.25) is 17.7 Å². The van der Waals surface area contributed by atoms with Crippen molar-refractivity contribution < 1.29 is 76.6 Å². The highest BCUT2D eigenvalue weighted by Gasteiger charge is 2.43. The highest BCUT2D eigenvalue weighted by molar-refractivity contribution is 8.15. The number of hydrogen-bond acceptors (Lipinski definition) is 14. The van der Waals surface area contributed by atoms with Gasteiger partial charge in [-0.3, -0.25) is 19.2 Å². The molecule has 5 heterocycles. The van der Waals surface area contributed by atoms with E-state index in [1.807, 2.05) is 20.8 Å². The van der Waals surface area contributed by atoms with Crippen LogP contribution in [0.15, 0.2) is 55.0 Å². The van der Waals surface area contributed by atoms with Crippen molar-refractivity contribution in [2.24, 2.45) is 11.8 Å². The Balaban J connectivity index is 0.000000311. The van der Waals surface area contributed by atoms with E-state index in [9.17, 15) is 71.9 Å². The third-order valence-electron chi connectivity index (χ3n) is 11.7. The quantitative estimate of drug-likeness (QED) is 0.117. The zero-order chi connectivity index (χ0) is 58.6. The first-order valence-corrected chi connectivity index (χ1v) is 27.4. The van der Waals surface area contributed by atoms with Crippen LogP contribution in [0.5, 0.6) is 0 Å². The SMILES string of the molecule is CC(=O)SC(C)(C)C(=O)Nc1ccc(C(F)(F)F)cn1.CC(C)(C(=O)Nc1ccc(C(F)(F)F)cn1)S(=O)(=O)CC1CCNCC1.CC(C)(C)OC(=O)N1CCC(CSC(C)(C)C(=O)Nc2ccc(C(F)(F)F)cn2)CC1. The van der Waals surface area contributed by atoms with E-state index in [2.05, 4.69) is 36.2 Å². The van der Waals surface area contributed by atoms with E-state index in [0.717, 1.165) is 92.7 Å². The Bertz CT molecular complexity index is 2580. The van der Waals surface area contributed by atoms with Crippen LogP contribution in [0.3, 0.4) is 0 Å². The molecule has 0 spiro atoms. The molecule has 4 N–H and O–H groups in total. The molecule has 0 aliphatic carbocycles. The van der Waals surface area contributed by atoms with E-state index in [4.69, 9.17) is 4.74 Å². The summed E-state index contributed by atoms with van der Waals surface area (Å²) in [4.78, 5) is 72.6. The molecule has 0 saturated carbocycles. The molecule has 2 aliphatic rings. The summed E-state index contributed by atoms with van der Waals surface area (Å²) in [6.45, 7) is 18.7. The number of nitrogens with zero attached hydrogens (tertiary/aromatic N) is 4. The molecule has 2 aliphatic heterocycles. The van der Waals surface area contributed by atoms with Crippen molar-refractivity contribution in [2.45, 2.75) is 133 Å². The Kier molecular flexibility index (Phi) is 22.8. The number of likely N-dealkylation sites (tertiary alicyclic amines) is 1. The van der Waals surface area contributed by atoms with Crippen molar-refractivity contribution in [3.05, 3.63) is 71.7 Å². The summed E-state index contributed by atoms with van der Waals surface area (Å²) in [5.41, 5.74) is -3.23. The molecule has 430 valence electrons. The molecule has 2 fully saturated rings. The van der Waals surface area contributed by atoms with Crippen molar-refractivity contribution in [3.63, 3.8) is 0 Å². The first-order chi connectivity index (χ1) is 35.1. The normalized spacial score (nSPS) is 15.4. The summed E-state index contributed by atoms with van der Waals surface area (Å²) < 4.78 is 140. The number of carbonyl (C=O) groups excluding carboxylic acids is 5. The van der Waals surface area contributed by atoms with Gasteiger partial charge in [-0.05, 0) is 155 Å². The molecule has 3 aromatic heterocycles. The van der Waals surface area contributed by atoms with E-state index in [1.165, 1.54) is 32.5 Å². The molecule has 0 radical (unpaired) electrons. The van der Waals surface area contributed by atoms with E-state index < -0.39 is 76.7 Å². The van der Waals surface area contributed by atoms with Gasteiger partial charge in [0.1, 0.15) is 27.8 Å². The second-order valence-corrected chi connectivity index (χ2v) is 26.5. The third-order valence-corrected chi connectivity index (χ3v) is 16.9. The molecule has 16 nitrogen and oxygen atoms in total. The number of amides is 4. The standard InChI is InChI=1S/C21H30F3N3O3S.C16H22F3N3O3S.C12H13F3N2O2S/c1-19(2,3)30-18(29)27-10-8-14(9-11-27)13-31-20(4,5)17(28)26-16-7-6-15(12-25-16)21(22,23)24;1-15(2,26(24,25)10-11-5-7-20-8-6-11)14(23)22-13-4-3-12(9-21-13)16(17,18)19;1-7(18)20-11(2,3)10(19)17-9-5-4-8(6-16-9)12(13,14)15/h6-7,12,14H,8-11,13H2,1-5H3,(H,25,26,28);3-4,9,11,20H,5-8,10H2,1-2H3,(H,21,22,23);4-6H,1-3H3,(H,16,17,19). The van der Waals surface area contributed by atoms with Gasteiger partial charge in [-0.15, -0.1) is 11.8 Å². The number of sulfone groups is 1. The van der Waals surface area contributed by atoms with Crippen LogP contribution in [0.25, 0.3) is 0 Å². The Morgan fingerprint density at radius 3 is 1.35 bits per heavy atom. The molecule has 0 unspecified atom stereocenters. The minimum Gasteiger partial charge on any atom is -0.444 e. The monoisotopic (exact) mass is 1160 g/mol. The van der Waals surface area contributed by atoms with Gasteiger partial charge in [-0.2, -0.15) is 39.5 Å². The molecule has 2 saturated heterocycles. The minimum absolute atomic E-state index is 0.000210. The first kappa shape index (κ1) is 66.1. The fraction of sp³-hybridized carbons (Fsp3) is 0.592. The molecular formula is C49H65F9N8O8S3. The second-order valence-electron chi connectivity index (χ2n) is 20.5. The number of carbonyl (C=O) groups is 5.